The zero-order valence-electron chi connectivity index (χ0n) is 7.93. The summed E-state index contributed by atoms with van der Waals surface area (Å²) >= 11 is 5.69. The van der Waals surface area contributed by atoms with Crippen LogP contribution in [0.5, 0.6) is 0 Å². The van der Waals surface area contributed by atoms with Gasteiger partial charge in [-0.2, -0.15) is 0 Å². The monoisotopic (exact) mass is 189 g/mol. The smallest absolute Gasteiger partial charge is 0.233 e. The van der Waals surface area contributed by atoms with Gasteiger partial charge in [-0.1, -0.05) is 19.9 Å². The second-order valence-corrected chi connectivity index (χ2v) is 4.10. The van der Waals surface area contributed by atoms with Gasteiger partial charge in [-0.05, 0) is 11.8 Å². The Bertz CT molecular complexity index is 177. The van der Waals surface area contributed by atoms with Crippen LogP contribution in [0.4, 0.5) is 0 Å². The molecular weight excluding hydrogens is 174 g/mol. The molecule has 0 aromatic heterocycles. The van der Waals surface area contributed by atoms with E-state index in [9.17, 15) is 4.79 Å². The number of amides is 1. The minimum absolute atomic E-state index is 0.00910. The SMILES string of the molecule is C=CCC(C)(C)CN(Cl)C(C)=O. The Labute approximate surface area is 79.3 Å². The van der Waals surface area contributed by atoms with Gasteiger partial charge in [0.15, 0.2) is 0 Å². The van der Waals surface area contributed by atoms with Crippen LogP contribution in [0.1, 0.15) is 27.2 Å². The topological polar surface area (TPSA) is 20.3 Å². The number of rotatable bonds is 4. The van der Waals surface area contributed by atoms with E-state index in [1.807, 2.05) is 19.9 Å². The van der Waals surface area contributed by atoms with Gasteiger partial charge in [0.05, 0.1) is 0 Å². The Morgan fingerprint density at radius 3 is 2.50 bits per heavy atom. The lowest BCUT2D eigenvalue weighted by Gasteiger charge is -2.26. The summed E-state index contributed by atoms with van der Waals surface area (Å²) in [4.78, 5) is 10.8. The third-order valence-corrected chi connectivity index (χ3v) is 1.96. The highest BCUT2D eigenvalue weighted by atomic mass is 35.5. The van der Waals surface area contributed by atoms with Crippen molar-refractivity contribution in [2.75, 3.05) is 6.54 Å². The lowest BCUT2D eigenvalue weighted by molar-refractivity contribution is -0.125. The predicted octanol–water partition coefficient (Wildman–Crippen LogP) is 2.59. The van der Waals surface area contributed by atoms with Crippen LogP contribution in [-0.4, -0.2) is 16.9 Å². The lowest BCUT2D eigenvalue weighted by atomic mass is 9.89. The van der Waals surface area contributed by atoms with Gasteiger partial charge in [0, 0.05) is 25.2 Å². The molecule has 0 aliphatic carbocycles. The first-order valence-electron chi connectivity index (χ1n) is 3.94. The Kier molecular flexibility index (Phi) is 4.32. The molecule has 0 atom stereocenters. The maximum absolute atomic E-state index is 10.8. The van der Waals surface area contributed by atoms with Crippen LogP contribution in [0.3, 0.4) is 0 Å². The van der Waals surface area contributed by atoms with Crippen LogP contribution in [0.25, 0.3) is 0 Å². The molecule has 3 heteroatoms. The molecule has 2 nitrogen and oxygen atoms in total. The Balaban J connectivity index is 4.04. The molecule has 0 heterocycles. The summed E-state index contributed by atoms with van der Waals surface area (Å²) in [6, 6.07) is 0. The Morgan fingerprint density at radius 2 is 2.17 bits per heavy atom. The fourth-order valence-electron chi connectivity index (χ4n) is 0.942. The highest BCUT2D eigenvalue weighted by Crippen LogP contribution is 2.22. The molecule has 12 heavy (non-hydrogen) atoms. The summed E-state index contributed by atoms with van der Waals surface area (Å²) in [5.74, 6) is -0.117. The van der Waals surface area contributed by atoms with Crippen LogP contribution in [0.15, 0.2) is 12.7 Å². The number of carbonyl (C=O) groups is 1. The molecule has 0 radical (unpaired) electrons. The average Bonchev–Trinajstić information content (AvgIpc) is 1.85. The summed E-state index contributed by atoms with van der Waals surface area (Å²) in [5.41, 5.74) is 0.00910. The summed E-state index contributed by atoms with van der Waals surface area (Å²) in [6.45, 7) is 9.76. The van der Waals surface area contributed by atoms with E-state index in [1.54, 1.807) is 0 Å². The molecule has 0 aromatic rings. The first-order chi connectivity index (χ1) is 5.39. The number of carbonyl (C=O) groups excluding carboxylic acids is 1. The van der Waals surface area contributed by atoms with Crippen molar-refractivity contribution in [3.63, 3.8) is 0 Å². The second kappa shape index (κ2) is 4.51. The largest absolute Gasteiger partial charge is 0.274 e. The van der Waals surface area contributed by atoms with E-state index in [2.05, 4.69) is 6.58 Å². The molecular formula is C9H16ClNO. The quantitative estimate of drug-likeness (QED) is 0.492. The number of hydrogen-bond acceptors (Lipinski definition) is 1. The normalized spacial score (nSPS) is 11.0. The first-order valence-corrected chi connectivity index (χ1v) is 4.27. The minimum atomic E-state index is -0.117. The number of allylic oxidation sites excluding steroid dienone is 1. The van der Waals surface area contributed by atoms with Crippen LogP contribution in [0, 0.1) is 5.41 Å². The van der Waals surface area contributed by atoms with E-state index in [0.717, 1.165) is 6.42 Å². The zero-order chi connectivity index (χ0) is 9.78. The Hall–Kier alpha value is -0.500. The van der Waals surface area contributed by atoms with E-state index in [-0.39, 0.29) is 11.3 Å². The van der Waals surface area contributed by atoms with Gasteiger partial charge >= 0.3 is 0 Å². The van der Waals surface area contributed by atoms with Crippen molar-refractivity contribution in [1.82, 2.24) is 4.42 Å². The molecule has 0 fully saturated rings. The molecule has 0 aliphatic heterocycles. The molecule has 0 aliphatic rings. The lowest BCUT2D eigenvalue weighted by Crippen LogP contribution is -2.30. The molecule has 0 spiro atoms. The number of nitrogens with zero attached hydrogens (tertiary/aromatic N) is 1. The summed E-state index contributed by atoms with van der Waals surface area (Å²) < 4.78 is 1.21. The average molecular weight is 190 g/mol. The number of halogens is 1. The van der Waals surface area contributed by atoms with Gasteiger partial charge in [0.1, 0.15) is 0 Å². The van der Waals surface area contributed by atoms with Crippen molar-refractivity contribution >= 4 is 17.7 Å². The Morgan fingerprint density at radius 1 is 1.67 bits per heavy atom. The standard InChI is InChI=1S/C9H16ClNO/c1-5-6-9(3,4)7-11(10)8(2)12/h5H,1,6-7H2,2-4H3. The molecule has 0 aromatic carbocycles. The maximum atomic E-state index is 10.8. The van der Waals surface area contributed by atoms with E-state index >= 15 is 0 Å². The summed E-state index contributed by atoms with van der Waals surface area (Å²) in [7, 11) is 0. The molecule has 0 N–H and O–H groups in total. The van der Waals surface area contributed by atoms with Crippen molar-refractivity contribution in [3.05, 3.63) is 12.7 Å². The van der Waals surface area contributed by atoms with Crippen molar-refractivity contribution in [2.24, 2.45) is 5.41 Å². The van der Waals surface area contributed by atoms with Gasteiger partial charge < -0.3 is 0 Å². The van der Waals surface area contributed by atoms with Crippen LogP contribution < -0.4 is 0 Å². The molecule has 0 saturated carbocycles. The molecule has 1 amide bonds. The third-order valence-electron chi connectivity index (χ3n) is 1.61. The molecule has 70 valence electrons. The van der Waals surface area contributed by atoms with Gasteiger partial charge in [-0.15, -0.1) is 6.58 Å². The predicted molar refractivity (Wildman–Crippen MR) is 51.8 cm³/mol. The van der Waals surface area contributed by atoms with E-state index in [1.165, 1.54) is 11.3 Å². The van der Waals surface area contributed by atoms with Crippen LogP contribution in [0.2, 0.25) is 0 Å². The van der Waals surface area contributed by atoms with Crippen molar-refractivity contribution < 1.29 is 4.79 Å². The molecule has 0 rings (SSSR count). The molecule has 0 unspecified atom stereocenters. The fourth-order valence-corrected chi connectivity index (χ4v) is 1.27. The maximum Gasteiger partial charge on any atom is 0.233 e. The van der Waals surface area contributed by atoms with E-state index in [0.29, 0.717) is 6.54 Å². The minimum Gasteiger partial charge on any atom is -0.274 e. The van der Waals surface area contributed by atoms with Gasteiger partial charge in [-0.3, -0.25) is 9.21 Å². The fraction of sp³-hybridized carbons (Fsp3) is 0.667. The van der Waals surface area contributed by atoms with Gasteiger partial charge in [0.2, 0.25) is 5.91 Å². The van der Waals surface area contributed by atoms with E-state index in [4.69, 9.17) is 11.8 Å². The third kappa shape index (κ3) is 4.39. The van der Waals surface area contributed by atoms with Crippen molar-refractivity contribution in [1.29, 1.82) is 0 Å². The van der Waals surface area contributed by atoms with Crippen molar-refractivity contribution in [2.45, 2.75) is 27.2 Å². The van der Waals surface area contributed by atoms with Crippen LogP contribution >= 0.6 is 11.8 Å². The first kappa shape index (κ1) is 11.5. The highest BCUT2D eigenvalue weighted by molar-refractivity contribution is 6.20. The summed E-state index contributed by atoms with van der Waals surface area (Å²) in [5, 5.41) is 0. The molecule has 0 bridgehead atoms. The van der Waals surface area contributed by atoms with Gasteiger partial charge in [0.25, 0.3) is 0 Å². The van der Waals surface area contributed by atoms with E-state index < -0.39 is 0 Å². The van der Waals surface area contributed by atoms with Crippen LogP contribution in [-0.2, 0) is 4.79 Å². The van der Waals surface area contributed by atoms with Gasteiger partial charge in [-0.25, -0.2) is 0 Å². The molecule has 0 saturated heterocycles. The van der Waals surface area contributed by atoms with Crippen molar-refractivity contribution in [3.8, 4) is 0 Å². The summed E-state index contributed by atoms with van der Waals surface area (Å²) in [6.07, 6.45) is 2.69. The zero-order valence-corrected chi connectivity index (χ0v) is 8.69. The second-order valence-electron chi connectivity index (χ2n) is 3.70. The highest BCUT2D eigenvalue weighted by Gasteiger charge is 2.20. The number of hydrogen-bond donors (Lipinski definition) is 0.